The van der Waals surface area contributed by atoms with Crippen molar-refractivity contribution in [2.45, 2.75) is 26.9 Å². The van der Waals surface area contributed by atoms with E-state index >= 15 is 0 Å². The van der Waals surface area contributed by atoms with Gasteiger partial charge in [0.2, 0.25) is 0 Å². The Bertz CT molecular complexity index is 421. The number of carboxylic acid groups (broad SMARTS) is 1. The lowest BCUT2D eigenvalue weighted by molar-refractivity contribution is 0.0696. The van der Waals surface area contributed by atoms with Crippen molar-refractivity contribution in [2.75, 3.05) is 19.0 Å². The number of aryl methyl sites for hydroxylation is 1. The van der Waals surface area contributed by atoms with Gasteiger partial charge in [-0.25, -0.2) is 4.79 Å². The van der Waals surface area contributed by atoms with Gasteiger partial charge in [-0.05, 0) is 26.3 Å². The van der Waals surface area contributed by atoms with Crippen molar-refractivity contribution < 1.29 is 14.6 Å². The van der Waals surface area contributed by atoms with Gasteiger partial charge in [0, 0.05) is 13.7 Å². The Morgan fingerprint density at radius 3 is 2.65 bits per heavy atom. The van der Waals surface area contributed by atoms with Gasteiger partial charge in [-0.2, -0.15) is 5.10 Å². The van der Waals surface area contributed by atoms with Gasteiger partial charge < -0.3 is 15.2 Å². The first-order chi connectivity index (χ1) is 7.97. The molecule has 2 N–H and O–H groups in total. The lowest BCUT2D eigenvalue weighted by Gasteiger charge is -2.14. The van der Waals surface area contributed by atoms with Crippen molar-refractivity contribution in [3.8, 4) is 0 Å². The monoisotopic (exact) mass is 239 g/mol. The molecular weight excluding hydrogens is 222 g/mol. The van der Waals surface area contributed by atoms with Crippen molar-refractivity contribution in [1.82, 2.24) is 10.2 Å². The molecule has 0 bridgehead atoms. The Balaban J connectivity index is 2.99. The average Bonchev–Trinajstić information content (AvgIpc) is 2.29. The molecular formula is C11H17N3O3. The topological polar surface area (TPSA) is 84.3 Å². The number of rotatable bonds is 5. The van der Waals surface area contributed by atoms with E-state index in [4.69, 9.17) is 9.84 Å². The van der Waals surface area contributed by atoms with E-state index < -0.39 is 5.97 Å². The molecule has 0 aliphatic heterocycles. The van der Waals surface area contributed by atoms with Crippen LogP contribution in [0.15, 0.2) is 0 Å². The fourth-order valence-corrected chi connectivity index (χ4v) is 1.32. The van der Waals surface area contributed by atoms with Gasteiger partial charge in [0.05, 0.1) is 11.8 Å². The van der Waals surface area contributed by atoms with Crippen LogP contribution in [-0.2, 0) is 4.74 Å². The summed E-state index contributed by atoms with van der Waals surface area (Å²) in [6.07, 6.45) is -0.0277. The third kappa shape index (κ3) is 3.13. The maximum Gasteiger partial charge on any atom is 0.339 e. The summed E-state index contributed by atoms with van der Waals surface area (Å²) < 4.78 is 5.07. The van der Waals surface area contributed by atoms with Crippen molar-refractivity contribution in [3.05, 3.63) is 16.8 Å². The van der Waals surface area contributed by atoms with E-state index in [1.807, 2.05) is 6.92 Å². The van der Waals surface area contributed by atoms with Gasteiger partial charge >= 0.3 is 5.97 Å². The maximum absolute atomic E-state index is 11.2. The maximum atomic E-state index is 11.2. The smallest absolute Gasteiger partial charge is 0.339 e. The van der Waals surface area contributed by atoms with Crippen molar-refractivity contribution >= 4 is 11.8 Å². The molecule has 0 aliphatic carbocycles. The zero-order chi connectivity index (χ0) is 13.0. The van der Waals surface area contributed by atoms with Crippen LogP contribution in [0.5, 0.6) is 0 Å². The SMILES string of the molecule is COC(C)CNc1nnc(C)c(C)c1C(=O)O. The quantitative estimate of drug-likeness (QED) is 0.804. The van der Waals surface area contributed by atoms with Gasteiger partial charge in [0.1, 0.15) is 5.56 Å². The number of anilines is 1. The minimum Gasteiger partial charge on any atom is -0.478 e. The molecule has 0 spiro atoms. The molecule has 0 amide bonds. The van der Waals surface area contributed by atoms with Gasteiger partial charge in [-0.3, -0.25) is 0 Å². The van der Waals surface area contributed by atoms with E-state index in [1.54, 1.807) is 21.0 Å². The van der Waals surface area contributed by atoms with Gasteiger partial charge in [0.15, 0.2) is 5.82 Å². The van der Waals surface area contributed by atoms with Crippen molar-refractivity contribution in [2.24, 2.45) is 0 Å². The summed E-state index contributed by atoms with van der Waals surface area (Å²) in [4.78, 5) is 11.2. The Hall–Kier alpha value is -1.69. The number of nitrogens with zero attached hydrogens (tertiary/aromatic N) is 2. The van der Waals surface area contributed by atoms with E-state index in [-0.39, 0.29) is 17.5 Å². The van der Waals surface area contributed by atoms with Gasteiger partial charge in [-0.15, -0.1) is 5.10 Å². The van der Waals surface area contributed by atoms with Crippen LogP contribution in [0.25, 0.3) is 0 Å². The molecule has 1 rings (SSSR count). The predicted molar refractivity (Wildman–Crippen MR) is 63.4 cm³/mol. The van der Waals surface area contributed by atoms with Crippen LogP contribution in [0.4, 0.5) is 5.82 Å². The minimum atomic E-state index is -1.01. The second-order valence-electron chi connectivity index (χ2n) is 3.87. The highest BCUT2D eigenvalue weighted by atomic mass is 16.5. The largest absolute Gasteiger partial charge is 0.478 e. The van der Waals surface area contributed by atoms with Gasteiger partial charge in [-0.1, -0.05) is 0 Å². The van der Waals surface area contributed by atoms with E-state index in [0.29, 0.717) is 17.8 Å². The molecule has 6 nitrogen and oxygen atoms in total. The van der Waals surface area contributed by atoms with Crippen molar-refractivity contribution in [3.63, 3.8) is 0 Å². The fourth-order valence-electron chi connectivity index (χ4n) is 1.32. The normalized spacial score (nSPS) is 12.2. The zero-order valence-corrected chi connectivity index (χ0v) is 10.4. The number of hydrogen-bond donors (Lipinski definition) is 2. The number of aromatic nitrogens is 2. The molecule has 0 saturated heterocycles. The zero-order valence-electron chi connectivity index (χ0n) is 10.4. The van der Waals surface area contributed by atoms with Crippen molar-refractivity contribution in [1.29, 1.82) is 0 Å². The predicted octanol–water partition coefficient (Wildman–Crippen LogP) is 1.24. The average molecular weight is 239 g/mol. The first kappa shape index (κ1) is 13.4. The highest BCUT2D eigenvalue weighted by Crippen LogP contribution is 2.18. The number of aromatic carboxylic acids is 1. The number of nitrogens with one attached hydrogen (secondary N) is 1. The number of carboxylic acids is 1. The van der Waals surface area contributed by atoms with Crippen LogP contribution in [0.3, 0.4) is 0 Å². The molecule has 6 heteroatoms. The Kier molecular flexibility index (Phi) is 4.39. The summed E-state index contributed by atoms with van der Waals surface area (Å²) in [5, 5.41) is 19.9. The minimum absolute atomic E-state index is 0.0277. The number of carbonyl (C=O) groups is 1. The summed E-state index contributed by atoms with van der Waals surface area (Å²) in [6, 6.07) is 0. The van der Waals surface area contributed by atoms with Crippen LogP contribution in [0.2, 0.25) is 0 Å². The molecule has 0 aliphatic rings. The summed E-state index contributed by atoms with van der Waals surface area (Å²) in [5.41, 5.74) is 1.41. The second-order valence-corrected chi connectivity index (χ2v) is 3.87. The number of ether oxygens (including phenoxy) is 1. The molecule has 1 aromatic rings. The second kappa shape index (κ2) is 5.58. The molecule has 0 aromatic carbocycles. The molecule has 94 valence electrons. The number of hydrogen-bond acceptors (Lipinski definition) is 5. The Labute approximate surface area is 100 Å². The highest BCUT2D eigenvalue weighted by molar-refractivity contribution is 5.94. The third-order valence-corrected chi connectivity index (χ3v) is 2.63. The number of methoxy groups -OCH3 is 1. The molecule has 1 atom stereocenters. The Morgan fingerprint density at radius 1 is 1.47 bits per heavy atom. The van der Waals surface area contributed by atoms with E-state index in [1.165, 1.54) is 0 Å². The first-order valence-corrected chi connectivity index (χ1v) is 5.31. The first-order valence-electron chi connectivity index (χ1n) is 5.31. The molecule has 1 unspecified atom stereocenters. The standard InChI is InChI=1S/C11H17N3O3/c1-6(17-4)5-12-10-9(11(15)16)7(2)8(3)13-14-10/h6H,5H2,1-4H3,(H,12,14)(H,15,16). The molecule has 0 fully saturated rings. The molecule has 1 heterocycles. The summed E-state index contributed by atoms with van der Waals surface area (Å²) in [6.45, 7) is 5.81. The van der Waals surface area contributed by atoms with Crippen LogP contribution in [0, 0.1) is 13.8 Å². The molecule has 1 aromatic heterocycles. The van der Waals surface area contributed by atoms with Crippen LogP contribution in [0.1, 0.15) is 28.5 Å². The van der Waals surface area contributed by atoms with E-state index in [9.17, 15) is 4.79 Å². The van der Waals surface area contributed by atoms with Crippen LogP contribution >= 0.6 is 0 Å². The lowest BCUT2D eigenvalue weighted by Crippen LogP contribution is -2.21. The summed E-state index contributed by atoms with van der Waals surface area (Å²) >= 11 is 0. The molecule has 0 radical (unpaired) electrons. The Morgan fingerprint density at radius 2 is 2.12 bits per heavy atom. The summed E-state index contributed by atoms with van der Waals surface area (Å²) in [5.74, 6) is -0.724. The van der Waals surface area contributed by atoms with Crippen LogP contribution in [-0.4, -0.2) is 41.0 Å². The summed E-state index contributed by atoms with van der Waals surface area (Å²) in [7, 11) is 1.59. The van der Waals surface area contributed by atoms with Gasteiger partial charge in [0.25, 0.3) is 0 Å². The highest BCUT2D eigenvalue weighted by Gasteiger charge is 2.17. The molecule has 17 heavy (non-hydrogen) atoms. The van der Waals surface area contributed by atoms with Crippen LogP contribution < -0.4 is 5.32 Å². The fraction of sp³-hybridized carbons (Fsp3) is 0.545. The van der Waals surface area contributed by atoms with E-state index in [0.717, 1.165) is 0 Å². The third-order valence-electron chi connectivity index (χ3n) is 2.63. The molecule has 0 saturated carbocycles. The lowest BCUT2D eigenvalue weighted by atomic mass is 10.1. The van der Waals surface area contributed by atoms with E-state index in [2.05, 4.69) is 15.5 Å².